The Bertz CT molecular complexity index is 722. The zero-order chi connectivity index (χ0) is 16.1. The Balaban J connectivity index is 1.59. The number of benzene rings is 2. The van der Waals surface area contributed by atoms with Crippen molar-refractivity contribution in [3.05, 3.63) is 53.5 Å². The zero-order valence-corrected chi connectivity index (χ0v) is 13.8. The summed E-state index contributed by atoms with van der Waals surface area (Å²) in [5, 5.41) is 13.4. The van der Waals surface area contributed by atoms with Crippen molar-refractivity contribution in [1.29, 1.82) is 0 Å². The second-order valence-electron chi connectivity index (χ2n) is 5.42. The van der Waals surface area contributed by atoms with Crippen LogP contribution >= 0.6 is 11.3 Å². The van der Waals surface area contributed by atoms with Gasteiger partial charge in [-0.1, -0.05) is 12.1 Å². The van der Waals surface area contributed by atoms with E-state index in [0.29, 0.717) is 12.6 Å². The lowest BCUT2D eigenvalue weighted by atomic mass is 10.2. The van der Waals surface area contributed by atoms with Crippen LogP contribution in [0.5, 0.6) is 5.75 Å². The Morgan fingerprint density at radius 3 is 2.70 bits per heavy atom. The number of aromatic nitrogens is 1. The van der Waals surface area contributed by atoms with Crippen molar-refractivity contribution in [3.8, 4) is 5.75 Å². The number of aliphatic hydroxyl groups is 1. The lowest BCUT2D eigenvalue weighted by Crippen LogP contribution is -2.17. The number of hydrogen-bond acceptors (Lipinski definition) is 5. The molecule has 5 heteroatoms. The largest absolute Gasteiger partial charge is 0.491 e. The Labute approximate surface area is 139 Å². The van der Waals surface area contributed by atoms with E-state index < -0.39 is 0 Å². The highest BCUT2D eigenvalue weighted by Crippen LogP contribution is 2.23. The van der Waals surface area contributed by atoms with Crippen molar-refractivity contribution in [3.63, 3.8) is 0 Å². The molecule has 0 aliphatic carbocycles. The second kappa shape index (κ2) is 7.44. The van der Waals surface area contributed by atoms with Gasteiger partial charge in [0.25, 0.3) is 0 Å². The van der Waals surface area contributed by atoms with Crippen LogP contribution in [-0.2, 0) is 6.42 Å². The van der Waals surface area contributed by atoms with Gasteiger partial charge in [0.2, 0.25) is 0 Å². The first-order valence-corrected chi connectivity index (χ1v) is 8.51. The Hall–Kier alpha value is -2.11. The summed E-state index contributed by atoms with van der Waals surface area (Å²) < 4.78 is 6.59. The summed E-state index contributed by atoms with van der Waals surface area (Å²) in [7, 11) is 0. The van der Waals surface area contributed by atoms with Crippen molar-refractivity contribution < 1.29 is 9.84 Å². The highest BCUT2D eigenvalue weighted by atomic mass is 32.1. The van der Waals surface area contributed by atoms with E-state index in [1.807, 2.05) is 36.4 Å². The van der Waals surface area contributed by atoms with Gasteiger partial charge < -0.3 is 15.2 Å². The maximum absolute atomic E-state index is 8.75. The SMILES string of the molecule is CC(Cc1nc2ccccc2s1)Nc1ccc(OCCO)cc1. The predicted molar refractivity (Wildman–Crippen MR) is 95.4 cm³/mol. The minimum Gasteiger partial charge on any atom is -0.491 e. The molecule has 1 aromatic heterocycles. The number of thiazole rings is 1. The first-order valence-electron chi connectivity index (χ1n) is 7.69. The third kappa shape index (κ3) is 4.21. The summed E-state index contributed by atoms with van der Waals surface area (Å²) in [6.07, 6.45) is 0.891. The summed E-state index contributed by atoms with van der Waals surface area (Å²) in [6, 6.07) is 16.3. The van der Waals surface area contributed by atoms with Crippen LogP contribution in [0.3, 0.4) is 0 Å². The fourth-order valence-corrected chi connectivity index (χ4v) is 3.51. The van der Waals surface area contributed by atoms with Crippen LogP contribution in [-0.4, -0.2) is 29.3 Å². The zero-order valence-electron chi connectivity index (χ0n) is 13.0. The number of nitrogens with one attached hydrogen (secondary N) is 1. The van der Waals surface area contributed by atoms with Gasteiger partial charge in [-0.2, -0.15) is 0 Å². The minimum absolute atomic E-state index is 0.0270. The molecule has 2 aromatic carbocycles. The average molecular weight is 328 g/mol. The molecule has 0 radical (unpaired) electrons. The van der Waals surface area contributed by atoms with Crippen molar-refractivity contribution in [1.82, 2.24) is 4.98 Å². The molecule has 1 heterocycles. The molecule has 0 saturated carbocycles. The van der Waals surface area contributed by atoms with Gasteiger partial charge in [-0.05, 0) is 43.3 Å². The maximum Gasteiger partial charge on any atom is 0.119 e. The van der Waals surface area contributed by atoms with Gasteiger partial charge >= 0.3 is 0 Å². The molecule has 3 aromatic rings. The van der Waals surface area contributed by atoms with Crippen LogP contribution in [0.2, 0.25) is 0 Å². The first kappa shape index (κ1) is 15.8. The molecular weight excluding hydrogens is 308 g/mol. The Morgan fingerprint density at radius 2 is 1.96 bits per heavy atom. The Kier molecular flexibility index (Phi) is 5.10. The quantitative estimate of drug-likeness (QED) is 0.694. The number of hydrogen-bond donors (Lipinski definition) is 2. The van der Waals surface area contributed by atoms with Gasteiger partial charge in [-0.3, -0.25) is 0 Å². The summed E-state index contributed by atoms with van der Waals surface area (Å²) in [5.74, 6) is 0.767. The summed E-state index contributed by atoms with van der Waals surface area (Å²) >= 11 is 1.75. The smallest absolute Gasteiger partial charge is 0.119 e. The molecule has 2 N–H and O–H groups in total. The number of fused-ring (bicyclic) bond motifs is 1. The first-order chi connectivity index (χ1) is 11.2. The molecular formula is C18H20N2O2S. The van der Waals surface area contributed by atoms with Crippen LogP contribution in [0, 0.1) is 0 Å². The predicted octanol–water partition coefficient (Wildman–Crippen LogP) is 3.71. The molecule has 23 heavy (non-hydrogen) atoms. The number of rotatable bonds is 7. The molecule has 0 spiro atoms. The van der Waals surface area contributed by atoms with Gasteiger partial charge in [-0.25, -0.2) is 4.98 Å². The maximum atomic E-state index is 8.75. The Morgan fingerprint density at radius 1 is 1.17 bits per heavy atom. The molecule has 0 bridgehead atoms. The van der Waals surface area contributed by atoms with E-state index in [1.54, 1.807) is 11.3 Å². The lowest BCUT2D eigenvalue weighted by Gasteiger charge is -2.14. The fraction of sp³-hybridized carbons (Fsp3) is 0.278. The van der Waals surface area contributed by atoms with E-state index in [1.165, 1.54) is 4.70 Å². The third-order valence-electron chi connectivity index (χ3n) is 3.45. The summed E-state index contributed by atoms with van der Waals surface area (Å²) in [5.41, 5.74) is 2.13. The van der Waals surface area contributed by atoms with Gasteiger partial charge in [0, 0.05) is 18.2 Å². The number of nitrogens with zero attached hydrogens (tertiary/aromatic N) is 1. The normalized spacial score (nSPS) is 12.3. The van der Waals surface area contributed by atoms with E-state index in [9.17, 15) is 0 Å². The topological polar surface area (TPSA) is 54.4 Å². The number of aliphatic hydroxyl groups excluding tert-OH is 1. The number of anilines is 1. The minimum atomic E-state index is 0.0270. The van der Waals surface area contributed by atoms with E-state index in [0.717, 1.165) is 28.4 Å². The highest BCUT2D eigenvalue weighted by Gasteiger charge is 2.08. The monoisotopic (exact) mass is 328 g/mol. The van der Waals surface area contributed by atoms with E-state index in [4.69, 9.17) is 9.84 Å². The van der Waals surface area contributed by atoms with Crippen molar-refractivity contribution >= 4 is 27.2 Å². The molecule has 0 aliphatic heterocycles. The second-order valence-corrected chi connectivity index (χ2v) is 6.54. The summed E-state index contributed by atoms with van der Waals surface area (Å²) in [6.45, 7) is 2.50. The molecule has 4 nitrogen and oxygen atoms in total. The van der Waals surface area contributed by atoms with Crippen LogP contribution < -0.4 is 10.1 Å². The van der Waals surface area contributed by atoms with Crippen LogP contribution in [0.15, 0.2) is 48.5 Å². The molecule has 0 amide bonds. The lowest BCUT2D eigenvalue weighted by molar-refractivity contribution is 0.201. The number of ether oxygens (including phenoxy) is 1. The molecule has 3 rings (SSSR count). The third-order valence-corrected chi connectivity index (χ3v) is 4.51. The van der Waals surface area contributed by atoms with Gasteiger partial charge in [0.05, 0.1) is 21.8 Å². The van der Waals surface area contributed by atoms with E-state index >= 15 is 0 Å². The van der Waals surface area contributed by atoms with E-state index in [2.05, 4.69) is 29.4 Å². The molecule has 0 saturated heterocycles. The highest BCUT2D eigenvalue weighted by molar-refractivity contribution is 7.18. The molecule has 1 unspecified atom stereocenters. The molecule has 120 valence electrons. The fourth-order valence-electron chi connectivity index (χ4n) is 2.42. The standard InChI is InChI=1S/C18H20N2O2S/c1-13(12-18-20-16-4-2-3-5-17(16)23-18)19-14-6-8-15(9-7-14)22-11-10-21/h2-9,13,19,21H,10-12H2,1H3. The van der Waals surface area contributed by atoms with Gasteiger partial charge in [0.15, 0.2) is 0 Å². The van der Waals surface area contributed by atoms with Crippen LogP contribution in [0.1, 0.15) is 11.9 Å². The van der Waals surface area contributed by atoms with Crippen LogP contribution in [0.4, 0.5) is 5.69 Å². The molecule has 1 atom stereocenters. The van der Waals surface area contributed by atoms with Crippen molar-refractivity contribution in [2.45, 2.75) is 19.4 Å². The summed E-state index contributed by atoms with van der Waals surface area (Å²) in [4.78, 5) is 4.68. The van der Waals surface area contributed by atoms with Gasteiger partial charge in [0.1, 0.15) is 12.4 Å². The molecule has 0 fully saturated rings. The average Bonchev–Trinajstić information content (AvgIpc) is 2.96. The van der Waals surface area contributed by atoms with Crippen LogP contribution in [0.25, 0.3) is 10.2 Å². The number of para-hydroxylation sites is 1. The van der Waals surface area contributed by atoms with Gasteiger partial charge in [-0.15, -0.1) is 11.3 Å². The molecule has 0 aliphatic rings. The van der Waals surface area contributed by atoms with Crippen molar-refractivity contribution in [2.24, 2.45) is 0 Å². The van der Waals surface area contributed by atoms with E-state index in [-0.39, 0.29) is 6.61 Å². The van der Waals surface area contributed by atoms with Crippen molar-refractivity contribution in [2.75, 3.05) is 18.5 Å².